The van der Waals surface area contributed by atoms with Gasteiger partial charge in [-0.05, 0) is 52.1 Å². The molecule has 0 saturated heterocycles. The van der Waals surface area contributed by atoms with Crippen LogP contribution in [0.5, 0.6) is 0 Å². The Morgan fingerprint density at radius 3 is 3.00 bits per heavy atom. The highest BCUT2D eigenvalue weighted by atomic mass is 127. The minimum absolute atomic E-state index is 0.422. The van der Waals surface area contributed by atoms with Gasteiger partial charge in [-0.1, -0.05) is 0 Å². The summed E-state index contributed by atoms with van der Waals surface area (Å²) in [6, 6.07) is 2.03. The number of halogens is 1. The summed E-state index contributed by atoms with van der Waals surface area (Å²) >= 11 is 3.92. The Hall–Kier alpha value is -0.400. The first kappa shape index (κ1) is 12.1. The zero-order chi connectivity index (χ0) is 11.5. The first-order chi connectivity index (χ1) is 7.69. The molecule has 0 fully saturated rings. The Bertz CT molecular complexity index is 466. The quantitative estimate of drug-likeness (QED) is 0.863. The Balaban J connectivity index is 2.04. The van der Waals surface area contributed by atoms with Crippen molar-refractivity contribution in [3.63, 3.8) is 0 Å². The van der Waals surface area contributed by atoms with Gasteiger partial charge in [-0.15, -0.1) is 11.3 Å². The van der Waals surface area contributed by atoms with E-state index in [-0.39, 0.29) is 0 Å². The fraction of sp³-hybridized carbons (Fsp3) is 0.364. The molecule has 5 heteroatoms. The van der Waals surface area contributed by atoms with Crippen molar-refractivity contribution < 1.29 is 5.11 Å². The lowest BCUT2D eigenvalue weighted by Gasteiger charge is -2.06. The summed E-state index contributed by atoms with van der Waals surface area (Å²) < 4.78 is 3.08. The molecule has 16 heavy (non-hydrogen) atoms. The summed E-state index contributed by atoms with van der Waals surface area (Å²) in [5, 5.41) is 16.2. The largest absolute Gasteiger partial charge is 0.388 e. The topological polar surface area (TPSA) is 38.0 Å². The lowest BCUT2D eigenvalue weighted by atomic mass is 10.1. The second-order valence-corrected chi connectivity index (χ2v) is 6.41. The van der Waals surface area contributed by atoms with Crippen molar-refractivity contribution in [3.8, 4) is 0 Å². The van der Waals surface area contributed by atoms with Crippen molar-refractivity contribution in [2.24, 2.45) is 0 Å². The number of aromatic nitrogens is 2. The second kappa shape index (κ2) is 5.29. The zero-order valence-corrected chi connectivity index (χ0v) is 11.9. The minimum Gasteiger partial charge on any atom is -0.388 e. The molecule has 1 N–H and O–H groups in total. The summed E-state index contributed by atoms with van der Waals surface area (Å²) in [6.07, 6.45) is 4.02. The van der Waals surface area contributed by atoms with E-state index in [4.69, 9.17) is 0 Å². The van der Waals surface area contributed by atoms with Crippen molar-refractivity contribution in [2.45, 2.75) is 26.0 Å². The van der Waals surface area contributed by atoms with Crippen LogP contribution >= 0.6 is 33.9 Å². The summed E-state index contributed by atoms with van der Waals surface area (Å²) in [5.41, 5.74) is 2.08. The number of hydrogen-bond acceptors (Lipinski definition) is 3. The van der Waals surface area contributed by atoms with Gasteiger partial charge in [-0.25, -0.2) is 0 Å². The van der Waals surface area contributed by atoms with Crippen molar-refractivity contribution in [2.75, 3.05) is 0 Å². The number of nitrogens with zero attached hydrogens (tertiary/aromatic N) is 2. The molecule has 2 aromatic heterocycles. The predicted octanol–water partition coefficient (Wildman–Crippen LogP) is 2.85. The van der Waals surface area contributed by atoms with E-state index in [0.29, 0.717) is 6.42 Å². The third-order valence-electron chi connectivity index (χ3n) is 2.41. The molecule has 2 aromatic rings. The van der Waals surface area contributed by atoms with Crippen molar-refractivity contribution in [1.82, 2.24) is 9.78 Å². The predicted molar refractivity (Wildman–Crippen MR) is 73.6 cm³/mol. The molecule has 0 amide bonds. The number of hydrogen-bond donors (Lipinski definition) is 1. The van der Waals surface area contributed by atoms with E-state index in [2.05, 4.69) is 34.6 Å². The summed E-state index contributed by atoms with van der Waals surface area (Å²) in [4.78, 5) is 0. The van der Waals surface area contributed by atoms with Crippen LogP contribution in [0.4, 0.5) is 0 Å². The molecular formula is C11H13IN2OS. The highest BCUT2D eigenvalue weighted by molar-refractivity contribution is 14.1. The Morgan fingerprint density at radius 1 is 1.62 bits per heavy atom. The Labute approximate surface area is 112 Å². The zero-order valence-electron chi connectivity index (χ0n) is 8.93. The summed E-state index contributed by atoms with van der Waals surface area (Å²) in [6.45, 7) is 2.92. The van der Waals surface area contributed by atoms with E-state index in [9.17, 15) is 5.11 Å². The van der Waals surface area contributed by atoms with E-state index in [1.165, 1.54) is 2.88 Å². The molecule has 0 aromatic carbocycles. The summed E-state index contributed by atoms with van der Waals surface area (Å²) in [5.74, 6) is 0. The van der Waals surface area contributed by atoms with E-state index < -0.39 is 6.10 Å². The molecule has 3 nitrogen and oxygen atoms in total. The van der Waals surface area contributed by atoms with E-state index in [0.717, 1.165) is 17.7 Å². The van der Waals surface area contributed by atoms with E-state index >= 15 is 0 Å². The molecule has 86 valence electrons. The van der Waals surface area contributed by atoms with Gasteiger partial charge in [0.05, 0.1) is 15.2 Å². The molecule has 0 aliphatic rings. The molecule has 0 aliphatic heterocycles. The molecule has 0 spiro atoms. The van der Waals surface area contributed by atoms with Crippen LogP contribution in [0.15, 0.2) is 23.8 Å². The molecule has 2 rings (SSSR count). The van der Waals surface area contributed by atoms with Crippen LogP contribution in [0.1, 0.15) is 24.2 Å². The van der Waals surface area contributed by atoms with Crippen LogP contribution in [0.25, 0.3) is 0 Å². The number of thiophene rings is 1. The van der Waals surface area contributed by atoms with Crippen molar-refractivity contribution >= 4 is 33.9 Å². The van der Waals surface area contributed by atoms with E-state index in [1.54, 1.807) is 11.3 Å². The maximum atomic E-state index is 10.0. The third kappa shape index (κ3) is 2.83. The van der Waals surface area contributed by atoms with Gasteiger partial charge in [-0.2, -0.15) is 5.10 Å². The minimum atomic E-state index is -0.422. The maximum Gasteiger partial charge on any atom is 0.0839 e. The molecule has 1 atom stereocenters. The third-order valence-corrected chi connectivity index (χ3v) is 4.22. The highest BCUT2D eigenvalue weighted by Gasteiger charge is 2.11. The fourth-order valence-corrected chi connectivity index (χ4v) is 2.94. The lowest BCUT2D eigenvalue weighted by molar-refractivity contribution is 0.179. The van der Waals surface area contributed by atoms with Crippen molar-refractivity contribution in [3.05, 3.63) is 37.9 Å². The molecule has 2 heterocycles. The molecule has 1 unspecified atom stereocenters. The summed E-state index contributed by atoms with van der Waals surface area (Å²) in [7, 11) is 0. The van der Waals surface area contributed by atoms with Gasteiger partial charge in [0.2, 0.25) is 0 Å². The smallest absolute Gasteiger partial charge is 0.0839 e. The van der Waals surface area contributed by atoms with Gasteiger partial charge < -0.3 is 5.11 Å². The molecule has 0 radical (unpaired) electrons. The van der Waals surface area contributed by atoms with Crippen LogP contribution in [0.2, 0.25) is 0 Å². The van der Waals surface area contributed by atoms with E-state index in [1.807, 2.05) is 28.5 Å². The van der Waals surface area contributed by atoms with Gasteiger partial charge in [-0.3, -0.25) is 4.68 Å². The highest BCUT2D eigenvalue weighted by Crippen LogP contribution is 2.24. The van der Waals surface area contributed by atoms with Crippen LogP contribution in [-0.2, 0) is 13.0 Å². The van der Waals surface area contributed by atoms with Gasteiger partial charge in [0.25, 0.3) is 0 Å². The van der Waals surface area contributed by atoms with Crippen molar-refractivity contribution in [1.29, 1.82) is 0 Å². The van der Waals surface area contributed by atoms with Gasteiger partial charge in [0.15, 0.2) is 0 Å². The molecular weight excluding hydrogens is 335 g/mol. The second-order valence-electron chi connectivity index (χ2n) is 3.61. The normalized spacial score (nSPS) is 12.9. The molecule has 0 saturated carbocycles. The number of rotatable bonds is 4. The monoisotopic (exact) mass is 348 g/mol. The average Bonchev–Trinajstić information content (AvgIpc) is 2.87. The maximum absolute atomic E-state index is 10.0. The molecule has 0 bridgehead atoms. The van der Waals surface area contributed by atoms with Crippen LogP contribution < -0.4 is 0 Å². The van der Waals surface area contributed by atoms with Gasteiger partial charge in [0, 0.05) is 19.2 Å². The van der Waals surface area contributed by atoms with Crippen LogP contribution in [0, 0.1) is 2.88 Å². The first-order valence-electron chi connectivity index (χ1n) is 5.12. The Morgan fingerprint density at radius 2 is 2.44 bits per heavy atom. The average molecular weight is 348 g/mol. The van der Waals surface area contributed by atoms with Crippen LogP contribution in [-0.4, -0.2) is 14.9 Å². The van der Waals surface area contributed by atoms with Gasteiger partial charge >= 0.3 is 0 Å². The number of aliphatic hydroxyl groups is 1. The Kier molecular flexibility index (Phi) is 3.99. The standard InChI is InChI=1S/C11H13IN2OS/c1-2-14-6-8(5-13-14)3-10(15)9-4-11(12)16-7-9/h4-7,10,15H,2-3H2,1H3. The van der Waals surface area contributed by atoms with Gasteiger partial charge in [0.1, 0.15) is 0 Å². The lowest BCUT2D eigenvalue weighted by Crippen LogP contribution is -1.99. The van der Waals surface area contributed by atoms with Crippen LogP contribution in [0.3, 0.4) is 0 Å². The SMILES string of the molecule is CCn1cc(CC(O)c2csc(I)c2)cn1. The first-order valence-corrected chi connectivity index (χ1v) is 7.08. The molecule has 0 aliphatic carbocycles. The number of aliphatic hydroxyl groups excluding tert-OH is 1. The fourth-order valence-electron chi connectivity index (χ4n) is 1.52. The number of aryl methyl sites for hydroxylation is 1.